The Hall–Kier alpha value is -2.44. The second-order valence-corrected chi connectivity index (χ2v) is 5.27. The summed E-state index contributed by atoms with van der Waals surface area (Å²) >= 11 is 0. The van der Waals surface area contributed by atoms with Gasteiger partial charge < -0.3 is 5.73 Å². The first kappa shape index (κ1) is 13.5. The summed E-state index contributed by atoms with van der Waals surface area (Å²) in [5.41, 5.74) is 9.82. The summed E-state index contributed by atoms with van der Waals surface area (Å²) in [7, 11) is 0. The van der Waals surface area contributed by atoms with E-state index < -0.39 is 0 Å². The number of anilines is 1. The molecule has 0 unspecified atom stereocenters. The maximum Gasteiger partial charge on any atom is 0.234 e. The van der Waals surface area contributed by atoms with Crippen molar-refractivity contribution in [2.24, 2.45) is 0 Å². The number of fused-ring (bicyclic) bond motifs is 1. The Kier molecular flexibility index (Phi) is 3.32. The molecule has 21 heavy (non-hydrogen) atoms. The third kappa shape index (κ3) is 2.46. The molecule has 3 heterocycles. The highest BCUT2D eigenvalue weighted by atomic mass is 15.4. The number of nitrogen functional groups attached to an aromatic ring is 1. The van der Waals surface area contributed by atoms with Gasteiger partial charge in [-0.2, -0.15) is 0 Å². The van der Waals surface area contributed by atoms with E-state index in [0.717, 1.165) is 35.6 Å². The lowest BCUT2D eigenvalue weighted by Crippen LogP contribution is -2.07. The number of aromatic nitrogens is 6. The van der Waals surface area contributed by atoms with E-state index >= 15 is 0 Å². The van der Waals surface area contributed by atoms with Gasteiger partial charge in [0.2, 0.25) is 5.78 Å². The van der Waals surface area contributed by atoms with Crippen LogP contribution in [0.15, 0.2) is 12.3 Å². The highest BCUT2D eigenvalue weighted by Crippen LogP contribution is 2.13. The zero-order valence-electron chi connectivity index (χ0n) is 12.5. The van der Waals surface area contributed by atoms with Gasteiger partial charge in [-0.05, 0) is 26.3 Å². The van der Waals surface area contributed by atoms with Crippen LogP contribution in [0.3, 0.4) is 0 Å². The van der Waals surface area contributed by atoms with Crippen molar-refractivity contribution in [1.29, 1.82) is 0 Å². The van der Waals surface area contributed by atoms with Crippen LogP contribution in [0.5, 0.6) is 0 Å². The lowest BCUT2D eigenvalue weighted by atomic mass is 10.2. The van der Waals surface area contributed by atoms with E-state index in [1.54, 1.807) is 0 Å². The molecule has 3 rings (SSSR count). The van der Waals surface area contributed by atoms with Crippen LogP contribution < -0.4 is 5.73 Å². The fourth-order valence-corrected chi connectivity index (χ4v) is 2.51. The van der Waals surface area contributed by atoms with Gasteiger partial charge in [-0.1, -0.05) is 18.6 Å². The summed E-state index contributed by atoms with van der Waals surface area (Å²) in [4.78, 5) is 9.01. The van der Waals surface area contributed by atoms with Gasteiger partial charge in [-0.3, -0.25) is 4.40 Å². The largest absolute Gasteiger partial charge is 0.381 e. The summed E-state index contributed by atoms with van der Waals surface area (Å²) < 4.78 is 3.81. The SMILES string of the molecule is CCCc1c(N)nnn1Cc1cn2c(C)cc(C)nc2n1. The number of nitrogens with two attached hydrogens (primary N) is 1. The van der Waals surface area contributed by atoms with Crippen LogP contribution in [0.1, 0.15) is 36.1 Å². The predicted molar refractivity (Wildman–Crippen MR) is 80.0 cm³/mol. The standard InChI is InChI=1S/C14H19N7/c1-4-5-12-13(15)18-19-21(12)8-11-7-20-10(3)6-9(2)16-14(20)17-11/h6-7H,4-5,8,15H2,1-3H3. The smallest absolute Gasteiger partial charge is 0.234 e. The Bertz CT molecular complexity index is 784. The van der Waals surface area contributed by atoms with Crippen molar-refractivity contribution in [2.45, 2.75) is 40.2 Å². The molecule has 0 aliphatic rings. The van der Waals surface area contributed by atoms with Crippen molar-refractivity contribution in [3.8, 4) is 0 Å². The first-order valence-electron chi connectivity index (χ1n) is 7.08. The van der Waals surface area contributed by atoms with Gasteiger partial charge in [-0.15, -0.1) is 5.10 Å². The van der Waals surface area contributed by atoms with Crippen LogP contribution in [0, 0.1) is 13.8 Å². The second kappa shape index (κ2) is 5.16. The molecule has 0 saturated carbocycles. The summed E-state index contributed by atoms with van der Waals surface area (Å²) in [5, 5.41) is 8.07. The number of hydrogen-bond donors (Lipinski definition) is 1. The third-order valence-electron chi connectivity index (χ3n) is 3.48. The number of imidazole rings is 1. The Balaban J connectivity index is 1.97. The van der Waals surface area contributed by atoms with Crippen LogP contribution in [0.2, 0.25) is 0 Å². The van der Waals surface area contributed by atoms with Crippen molar-refractivity contribution in [2.75, 3.05) is 5.73 Å². The minimum absolute atomic E-state index is 0.505. The summed E-state index contributed by atoms with van der Waals surface area (Å²) in [6.07, 6.45) is 3.86. The van der Waals surface area contributed by atoms with Gasteiger partial charge in [0.1, 0.15) is 0 Å². The van der Waals surface area contributed by atoms with Crippen molar-refractivity contribution in [1.82, 2.24) is 29.4 Å². The van der Waals surface area contributed by atoms with Crippen LogP contribution >= 0.6 is 0 Å². The topological polar surface area (TPSA) is 86.9 Å². The van der Waals surface area contributed by atoms with Crippen LogP contribution in [-0.2, 0) is 13.0 Å². The number of aryl methyl sites for hydroxylation is 2. The average molecular weight is 285 g/mol. The maximum atomic E-state index is 5.87. The Morgan fingerprint density at radius 3 is 2.81 bits per heavy atom. The molecular weight excluding hydrogens is 266 g/mol. The molecule has 0 radical (unpaired) electrons. The predicted octanol–water partition coefficient (Wildman–Crippen LogP) is 1.52. The fourth-order valence-electron chi connectivity index (χ4n) is 2.51. The van der Waals surface area contributed by atoms with Gasteiger partial charge in [0.15, 0.2) is 5.82 Å². The molecule has 0 aliphatic heterocycles. The zero-order chi connectivity index (χ0) is 15.0. The summed E-state index contributed by atoms with van der Waals surface area (Å²) in [6, 6.07) is 2.04. The van der Waals surface area contributed by atoms with Crippen molar-refractivity contribution in [3.63, 3.8) is 0 Å². The van der Waals surface area contributed by atoms with Crippen molar-refractivity contribution in [3.05, 3.63) is 35.0 Å². The Morgan fingerprint density at radius 2 is 2.05 bits per heavy atom. The second-order valence-electron chi connectivity index (χ2n) is 5.27. The molecule has 0 atom stereocenters. The van der Waals surface area contributed by atoms with E-state index in [1.807, 2.05) is 35.2 Å². The molecule has 0 aromatic carbocycles. The minimum Gasteiger partial charge on any atom is -0.381 e. The zero-order valence-corrected chi connectivity index (χ0v) is 12.5. The molecule has 0 amide bonds. The lowest BCUT2D eigenvalue weighted by Gasteiger charge is -2.03. The molecule has 7 heteroatoms. The monoisotopic (exact) mass is 285 g/mol. The first-order chi connectivity index (χ1) is 10.1. The van der Waals surface area contributed by atoms with E-state index in [1.165, 1.54) is 0 Å². The maximum absolute atomic E-state index is 5.87. The molecule has 0 aliphatic carbocycles. The van der Waals surface area contributed by atoms with E-state index in [4.69, 9.17) is 5.73 Å². The Labute approximate surface area is 122 Å². The van der Waals surface area contributed by atoms with E-state index in [0.29, 0.717) is 18.1 Å². The molecule has 0 saturated heterocycles. The number of nitrogens with zero attached hydrogens (tertiary/aromatic N) is 6. The minimum atomic E-state index is 0.505. The fraction of sp³-hybridized carbons (Fsp3) is 0.429. The number of hydrogen-bond acceptors (Lipinski definition) is 5. The first-order valence-corrected chi connectivity index (χ1v) is 7.08. The normalized spacial score (nSPS) is 11.4. The van der Waals surface area contributed by atoms with Gasteiger partial charge >= 0.3 is 0 Å². The van der Waals surface area contributed by atoms with Gasteiger partial charge in [-0.25, -0.2) is 14.6 Å². The molecule has 0 fully saturated rings. The average Bonchev–Trinajstić information content (AvgIpc) is 2.97. The van der Waals surface area contributed by atoms with E-state index in [2.05, 4.69) is 27.2 Å². The van der Waals surface area contributed by atoms with Gasteiger partial charge in [0.25, 0.3) is 0 Å². The molecule has 7 nitrogen and oxygen atoms in total. The Morgan fingerprint density at radius 1 is 1.24 bits per heavy atom. The van der Waals surface area contributed by atoms with Gasteiger partial charge in [0.05, 0.1) is 17.9 Å². The number of rotatable bonds is 4. The molecular formula is C14H19N7. The summed E-state index contributed by atoms with van der Waals surface area (Å²) in [6.45, 7) is 6.68. The molecule has 0 spiro atoms. The van der Waals surface area contributed by atoms with Crippen molar-refractivity contribution < 1.29 is 0 Å². The van der Waals surface area contributed by atoms with Crippen LogP contribution in [0.25, 0.3) is 5.78 Å². The van der Waals surface area contributed by atoms with E-state index in [-0.39, 0.29) is 0 Å². The molecule has 0 bridgehead atoms. The molecule has 3 aromatic rings. The highest BCUT2D eigenvalue weighted by molar-refractivity contribution is 5.36. The van der Waals surface area contributed by atoms with Crippen LogP contribution in [-0.4, -0.2) is 29.4 Å². The van der Waals surface area contributed by atoms with Crippen LogP contribution in [0.4, 0.5) is 5.82 Å². The molecule has 110 valence electrons. The molecule has 3 aromatic heterocycles. The summed E-state index contributed by atoms with van der Waals surface area (Å²) in [5.74, 6) is 1.22. The van der Waals surface area contributed by atoms with Gasteiger partial charge in [0, 0.05) is 17.6 Å². The molecule has 2 N–H and O–H groups in total. The van der Waals surface area contributed by atoms with Crippen molar-refractivity contribution >= 4 is 11.6 Å². The quantitative estimate of drug-likeness (QED) is 0.785. The third-order valence-corrected chi connectivity index (χ3v) is 3.48. The lowest BCUT2D eigenvalue weighted by molar-refractivity contribution is 0.606. The van der Waals surface area contributed by atoms with E-state index in [9.17, 15) is 0 Å². The highest BCUT2D eigenvalue weighted by Gasteiger charge is 2.12.